The van der Waals surface area contributed by atoms with Crippen molar-refractivity contribution >= 4 is 22.7 Å². The summed E-state index contributed by atoms with van der Waals surface area (Å²) in [5.41, 5.74) is 7.50. The van der Waals surface area contributed by atoms with Crippen LogP contribution in [-0.2, 0) is 24.4 Å². The number of hydrogen-bond donors (Lipinski definition) is 2. The molecule has 0 saturated heterocycles. The quantitative estimate of drug-likeness (QED) is 0.364. The van der Waals surface area contributed by atoms with Crippen LogP contribution in [-0.4, -0.2) is 21.8 Å². The number of fused-ring (bicyclic) bond motifs is 1. The smallest absolute Gasteiger partial charge is 0.307 e. The van der Waals surface area contributed by atoms with Gasteiger partial charge in [0.15, 0.2) is 11.6 Å². The number of nitrogens with zero attached hydrogens (tertiary/aromatic N) is 1. The van der Waals surface area contributed by atoms with E-state index >= 15 is 0 Å². The number of aromatic nitrogens is 1. The Morgan fingerprint density at radius 2 is 1.91 bits per heavy atom. The molecule has 2 aromatic heterocycles. The van der Waals surface area contributed by atoms with Gasteiger partial charge in [0, 0.05) is 46.4 Å². The number of ketones is 1. The zero-order valence-corrected chi connectivity index (χ0v) is 18.1. The zero-order valence-electron chi connectivity index (χ0n) is 18.1. The molecule has 0 aliphatic carbocycles. The highest BCUT2D eigenvalue weighted by Crippen LogP contribution is 2.34. The minimum atomic E-state index is -1.05. The summed E-state index contributed by atoms with van der Waals surface area (Å²) in [5.74, 6) is -1.66. The number of pyridine rings is 1. The molecule has 4 rings (SSSR count). The summed E-state index contributed by atoms with van der Waals surface area (Å²) in [7, 11) is 0. The standard InChI is InChI=1S/C25H20F2N2O5/c1-13(30)15-2-3-16(10-23(31)32)21(8-15)33-12-14-6-17-9-22(26)34-25(17)19(7-14)18-4-5-29-20(11-28)24(18)27/h2-9H,10-12,28H2,1H3,(H,31,32). The second kappa shape index (κ2) is 9.40. The van der Waals surface area contributed by atoms with E-state index in [1.54, 1.807) is 12.1 Å². The first-order chi connectivity index (χ1) is 16.3. The lowest BCUT2D eigenvalue weighted by Gasteiger charge is -2.13. The number of hydrogen-bond acceptors (Lipinski definition) is 6. The van der Waals surface area contributed by atoms with E-state index in [0.717, 1.165) is 0 Å². The number of ether oxygens (including phenoxy) is 1. The average Bonchev–Trinajstić information content (AvgIpc) is 3.17. The van der Waals surface area contributed by atoms with Crippen molar-refractivity contribution in [1.29, 1.82) is 0 Å². The van der Waals surface area contributed by atoms with Gasteiger partial charge in [-0.05, 0) is 36.8 Å². The Morgan fingerprint density at radius 1 is 1.12 bits per heavy atom. The fourth-order valence-electron chi connectivity index (χ4n) is 3.68. The van der Waals surface area contributed by atoms with Crippen LogP contribution in [0.5, 0.6) is 5.75 Å². The maximum Gasteiger partial charge on any atom is 0.307 e. The van der Waals surface area contributed by atoms with Gasteiger partial charge in [0.25, 0.3) is 6.01 Å². The molecule has 0 spiro atoms. The molecular formula is C25H20F2N2O5. The maximum atomic E-state index is 15.0. The second-order valence-corrected chi connectivity index (χ2v) is 7.67. The molecular weight excluding hydrogens is 446 g/mol. The number of halogens is 2. The van der Waals surface area contributed by atoms with Gasteiger partial charge in [-0.15, -0.1) is 0 Å². The van der Waals surface area contributed by atoms with Gasteiger partial charge in [-0.25, -0.2) is 4.39 Å². The summed E-state index contributed by atoms with van der Waals surface area (Å²) in [6.07, 6.45) is 1.11. The number of carbonyl (C=O) groups is 2. The Morgan fingerprint density at radius 3 is 2.62 bits per heavy atom. The monoisotopic (exact) mass is 466 g/mol. The molecule has 3 N–H and O–H groups in total. The molecule has 0 amide bonds. The molecule has 0 saturated carbocycles. The molecule has 0 fully saturated rings. The number of nitrogens with two attached hydrogens (primary N) is 1. The molecule has 0 aliphatic rings. The lowest BCUT2D eigenvalue weighted by atomic mass is 10.00. The van der Waals surface area contributed by atoms with E-state index in [1.807, 2.05) is 0 Å². The summed E-state index contributed by atoms with van der Waals surface area (Å²) >= 11 is 0. The van der Waals surface area contributed by atoms with Crippen LogP contribution in [0.4, 0.5) is 8.78 Å². The normalized spacial score (nSPS) is 11.1. The van der Waals surface area contributed by atoms with Crippen LogP contribution >= 0.6 is 0 Å². The zero-order chi connectivity index (χ0) is 24.4. The topological polar surface area (TPSA) is 116 Å². The number of carbonyl (C=O) groups excluding carboxylic acids is 1. The molecule has 9 heteroatoms. The predicted octanol–water partition coefficient (Wildman–Crippen LogP) is 4.64. The van der Waals surface area contributed by atoms with Gasteiger partial charge < -0.3 is 20.0 Å². The van der Waals surface area contributed by atoms with Crippen molar-refractivity contribution in [2.24, 2.45) is 5.73 Å². The summed E-state index contributed by atoms with van der Waals surface area (Å²) in [6.45, 7) is 1.22. The number of furan rings is 1. The van der Waals surface area contributed by atoms with E-state index in [2.05, 4.69) is 4.98 Å². The van der Waals surface area contributed by atoms with Crippen molar-refractivity contribution in [3.63, 3.8) is 0 Å². The average molecular weight is 466 g/mol. The van der Waals surface area contributed by atoms with E-state index in [1.165, 1.54) is 43.5 Å². The Bertz CT molecular complexity index is 1410. The lowest BCUT2D eigenvalue weighted by Crippen LogP contribution is -2.06. The van der Waals surface area contributed by atoms with Crippen molar-refractivity contribution in [1.82, 2.24) is 4.98 Å². The fourth-order valence-corrected chi connectivity index (χ4v) is 3.68. The maximum absolute atomic E-state index is 15.0. The van der Waals surface area contributed by atoms with Gasteiger partial charge in [-0.1, -0.05) is 12.1 Å². The lowest BCUT2D eigenvalue weighted by molar-refractivity contribution is -0.136. The van der Waals surface area contributed by atoms with E-state index in [-0.39, 0.29) is 53.5 Å². The first-order valence-electron chi connectivity index (χ1n) is 10.3. The number of carboxylic acids is 1. The molecule has 34 heavy (non-hydrogen) atoms. The molecule has 0 radical (unpaired) electrons. The van der Waals surface area contributed by atoms with E-state index in [4.69, 9.17) is 14.9 Å². The highest BCUT2D eigenvalue weighted by atomic mass is 19.1. The van der Waals surface area contributed by atoms with Gasteiger partial charge in [-0.3, -0.25) is 14.6 Å². The van der Waals surface area contributed by atoms with Crippen LogP contribution in [0, 0.1) is 11.8 Å². The molecule has 0 bridgehead atoms. The number of aliphatic carboxylic acids is 1. The van der Waals surface area contributed by atoms with Crippen molar-refractivity contribution in [2.45, 2.75) is 26.5 Å². The van der Waals surface area contributed by atoms with Crippen LogP contribution in [0.3, 0.4) is 0 Å². The Balaban J connectivity index is 1.75. The van der Waals surface area contributed by atoms with E-state index < -0.39 is 17.8 Å². The number of carboxylic acid groups (broad SMARTS) is 1. The van der Waals surface area contributed by atoms with Gasteiger partial charge >= 0.3 is 5.97 Å². The highest BCUT2D eigenvalue weighted by Gasteiger charge is 2.18. The third-order valence-corrected chi connectivity index (χ3v) is 5.30. The van der Waals surface area contributed by atoms with Crippen LogP contribution in [0.1, 0.15) is 34.1 Å². The third-order valence-electron chi connectivity index (χ3n) is 5.30. The van der Waals surface area contributed by atoms with Gasteiger partial charge in [0.05, 0.1) is 12.1 Å². The van der Waals surface area contributed by atoms with E-state index in [9.17, 15) is 23.5 Å². The van der Waals surface area contributed by atoms with Crippen molar-refractivity contribution < 1.29 is 32.6 Å². The fraction of sp³-hybridized carbons (Fsp3) is 0.160. The summed E-state index contributed by atoms with van der Waals surface area (Å²) in [6, 6.07) is 9.55. The van der Waals surface area contributed by atoms with Crippen LogP contribution in [0.2, 0.25) is 0 Å². The Kier molecular flexibility index (Phi) is 6.38. The number of Topliss-reactive ketones (excluding diaryl/α,β-unsaturated/α-hetero) is 1. The minimum absolute atomic E-state index is 0.0543. The number of benzene rings is 2. The Hall–Kier alpha value is -4.11. The molecule has 4 aromatic rings. The molecule has 2 aromatic carbocycles. The molecule has 2 heterocycles. The summed E-state index contributed by atoms with van der Waals surface area (Å²) < 4.78 is 39.9. The van der Waals surface area contributed by atoms with Gasteiger partial charge in [0.1, 0.15) is 17.9 Å². The SMILES string of the molecule is CC(=O)c1ccc(CC(=O)O)c(OCc2cc(-c3ccnc(CN)c3F)c3oc(F)cc3c2)c1. The molecule has 7 nitrogen and oxygen atoms in total. The molecule has 0 atom stereocenters. The van der Waals surface area contributed by atoms with Crippen molar-refractivity contribution in [3.8, 4) is 16.9 Å². The predicted molar refractivity (Wildman–Crippen MR) is 119 cm³/mol. The van der Waals surface area contributed by atoms with Gasteiger partial charge in [0.2, 0.25) is 0 Å². The summed E-state index contributed by atoms with van der Waals surface area (Å²) in [5, 5.41) is 9.58. The third kappa shape index (κ3) is 4.65. The van der Waals surface area contributed by atoms with Crippen molar-refractivity contribution in [2.75, 3.05) is 0 Å². The first-order valence-corrected chi connectivity index (χ1v) is 10.3. The summed E-state index contributed by atoms with van der Waals surface area (Å²) in [4.78, 5) is 26.9. The largest absolute Gasteiger partial charge is 0.489 e. The number of rotatable bonds is 8. The molecule has 0 unspecified atom stereocenters. The van der Waals surface area contributed by atoms with Crippen LogP contribution in [0.25, 0.3) is 22.1 Å². The highest BCUT2D eigenvalue weighted by molar-refractivity contribution is 5.95. The molecule has 0 aliphatic heterocycles. The molecule has 174 valence electrons. The van der Waals surface area contributed by atoms with Crippen LogP contribution in [0.15, 0.2) is 53.1 Å². The van der Waals surface area contributed by atoms with Gasteiger partial charge in [-0.2, -0.15) is 4.39 Å². The minimum Gasteiger partial charge on any atom is -0.489 e. The first kappa shape index (κ1) is 23.1. The van der Waals surface area contributed by atoms with Crippen molar-refractivity contribution in [3.05, 3.63) is 82.9 Å². The van der Waals surface area contributed by atoms with E-state index in [0.29, 0.717) is 22.1 Å². The van der Waals surface area contributed by atoms with Crippen LogP contribution < -0.4 is 10.5 Å². The Labute approximate surface area is 192 Å². The second-order valence-electron chi connectivity index (χ2n) is 7.67.